The highest BCUT2D eigenvalue weighted by Crippen LogP contribution is 2.25. The highest BCUT2D eigenvalue weighted by atomic mass is 127. The average molecular weight is 516 g/mol. The number of guanidine groups is 1. The van der Waals surface area contributed by atoms with Crippen LogP contribution in [0.2, 0.25) is 0 Å². The average Bonchev–Trinajstić information content (AvgIpc) is 2.64. The number of aliphatic imine (C=N–C) groups is 1. The van der Waals surface area contributed by atoms with Gasteiger partial charge in [0.25, 0.3) is 0 Å². The molecule has 1 aliphatic rings. The van der Waals surface area contributed by atoms with Gasteiger partial charge in [-0.1, -0.05) is 18.6 Å². The van der Waals surface area contributed by atoms with Crippen molar-refractivity contribution in [2.75, 3.05) is 6.54 Å². The molecule has 0 radical (unpaired) electrons. The van der Waals surface area contributed by atoms with Crippen LogP contribution in [0.25, 0.3) is 0 Å². The van der Waals surface area contributed by atoms with Crippen LogP contribution in [-0.2, 0) is 11.3 Å². The topological polar surface area (TPSA) is 85.8 Å². The molecule has 164 valence electrons. The van der Waals surface area contributed by atoms with Gasteiger partial charge in [-0.15, -0.1) is 24.0 Å². The van der Waals surface area contributed by atoms with Gasteiger partial charge in [0.1, 0.15) is 5.75 Å². The van der Waals surface area contributed by atoms with Crippen molar-refractivity contribution in [3.63, 3.8) is 0 Å². The van der Waals surface area contributed by atoms with Gasteiger partial charge >= 0.3 is 0 Å². The molecule has 6 nitrogen and oxygen atoms in total. The van der Waals surface area contributed by atoms with Crippen LogP contribution in [0.3, 0.4) is 0 Å². The van der Waals surface area contributed by atoms with Crippen molar-refractivity contribution < 1.29 is 9.90 Å². The first-order chi connectivity index (χ1) is 13.3. The fourth-order valence-corrected chi connectivity index (χ4v) is 3.78. The third-order valence-corrected chi connectivity index (χ3v) is 5.13. The van der Waals surface area contributed by atoms with Crippen molar-refractivity contribution >= 4 is 35.8 Å². The number of rotatable bonds is 6. The van der Waals surface area contributed by atoms with E-state index in [0.717, 1.165) is 54.9 Å². The summed E-state index contributed by atoms with van der Waals surface area (Å²) in [7, 11) is 0. The summed E-state index contributed by atoms with van der Waals surface area (Å²) in [6, 6.07) is 4.37. The predicted octanol–water partition coefficient (Wildman–Crippen LogP) is 3.77. The van der Waals surface area contributed by atoms with Gasteiger partial charge in [-0.2, -0.15) is 0 Å². The lowest BCUT2D eigenvalue weighted by molar-refractivity contribution is -0.126. The van der Waals surface area contributed by atoms with Crippen LogP contribution >= 0.6 is 24.0 Å². The molecule has 0 heterocycles. The molecular formula is C22H37IN4O2. The quantitative estimate of drug-likeness (QED) is 0.264. The van der Waals surface area contributed by atoms with E-state index in [1.54, 1.807) is 0 Å². The lowest BCUT2D eigenvalue weighted by Crippen LogP contribution is -2.47. The Hall–Kier alpha value is -1.51. The molecule has 0 bridgehead atoms. The number of aromatic hydroxyl groups is 1. The molecule has 7 heteroatoms. The van der Waals surface area contributed by atoms with E-state index in [4.69, 9.17) is 4.99 Å². The van der Waals surface area contributed by atoms with Crippen molar-refractivity contribution in [2.45, 2.75) is 78.9 Å². The molecule has 29 heavy (non-hydrogen) atoms. The Bertz CT molecular complexity index is 683. The van der Waals surface area contributed by atoms with Gasteiger partial charge in [0.2, 0.25) is 5.91 Å². The van der Waals surface area contributed by atoms with Crippen LogP contribution in [0.15, 0.2) is 17.1 Å². The van der Waals surface area contributed by atoms with Gasteiger partial charge < -0.3 is 21.1 Å². The van der Waals surface area contributed by atoms with E-state index in [1.165, 1.54) is 0 Å². The van der Waals surface area contributed by atoms with Gasteiger partial charge in [0, 0.05) is 24.5 Å². The number of hydrogen-bond donors (Lipinski definition) is 4. The van der Waals surface area contributed by atoms with E-state index >= 15 is 0 Å². The summed E-state index contributed by atoms with van der Waals surface area (Å²) in [5, 5.41) is 19.8. The van der Waals surface area contributed by atoms with Gasteiger partial charge in [0.15, 0.2) is 5.96 Å². The van der Waals surface area contributed by atoms with Crippen molar-refractivity contribution in [2.24, 2.45) is 10.9 Å². The monoisotopic (exact) mass is 516 g/mol. The first-order valence-corrected chi connectivity index (χ1v) is 10.4. The Morgan fingerprint density at radius 2 is 1.90 bits per heavy atom. The maximum atomic E-state index is 12.4. The number of hydrogen-bond acceptors (Lipinski definition) is 3. The zero-order valence-electron chi connectivity index (χ0n) is 18.3. The minimum Gasteiger partial charge on any atom is -0.507 e. The predicted molar refractivity (Wildman–Crippen MR) is 130 cm³/mol. The van der Waals surface area contributed by atoms with E-state index in [2.05, 4.69) is 16.0 Å². The molecule has 0 aromatic heterocycles. The summed E-state index contributed by atoms with van der Waals surface area (Å²) in [6.45, 7) is 11.2. The molecule has 1 aliphatic carbocycles. The van der Waals surface area contributed by atoms with Crippen molar-refractivity contribution in [3.8, 4) is 5.75 Å². The lowest BCUT2D eigenvalue weighted by atomic mass is 9.85. The smallest absolute Gasteiger partial charge is 0.223 e. The minimum absolute atomic E-state index is 0. The lowest BCUT2D eigenvalue weighted by Gasteiger charge is -2.30. The van der Waals surface area contributed by atoms with Crippen LogP contribution in [0.5, 0.6) is 5.75 Å². The number of nitrogens with zero attached hydrogens (tertiary/aromatic N) is 1. The van der Waals surface area contributed by atoms with E-state index < -0.39 is 0 Å². The van der Waals surface area contributed by atoms with Crippen molar-refractivity contribution in [1.82, 2.24) is 16.0 Å². The zero-order chi connectivity index (χ0) is 20.7. The van der Waals surface area contributed by atoms with Crippen LogP contribution in [0, 0.1) is 19.8 Å². The van der Waals surface area contributed by atoms with Gasteiger partial charge in [-0.05, 0) is 70.6 Å². The van der Waals surface area contributed by atoms with Crippen LogP contribution in [0.4, 0.5) is 0 Å². The molecule has 0 saturated heterocycles. The Kier molecular flexibility index (Phi) is 10.8. The summed E-state index contributed by atoms with van der Waals surface area (Å²) in [5.74, 6) is 1.36. The molecular weight excluding hydrogens is 479 g/mol. The number of carbonyl (C=O) groups excluding carboxylic acids is 1. The summed E-state index contributed by atoms with van der Waals surface area (Å²) < 4.78 is 0. The molecule has 1 fully saturated rings. The minimum atomic E-state index is 0. The van der Waals surface area contributed by atoms with Gasteiger partial charge in [0.05, 0.1) is 6.54 Å². The van der Waals surface area contributed by atoms with Crippen LogP contribution in [0.1, 0.15) is 63.1 Å². The molecule has 0 spiro atoms. The standard InChI is InChI=1S/C22H36N4O2.HI/c1-6-23-22(24-13-17-10-15(4)20(27)16(5)11-17)26-19-9-7-8-18(12-19)21(28)25-14(2)3;/h10-11,14,18-19,27H,6-9,12-13H2,1-5H3,(H,25,28)(H2,23,24,26);1H. The van der Waals surface area contributed by atoms with E-state index in [9.17, 15) is 9.90 Å². The Morgan fingerprint density at radius 3 is 2.48 bits per heavy atom. The second-order valence-electron chi connectivity index (χ2n) is 8.14. The Balaban J connectivity index is 0.00000420. The van der Waals surface area contributed by atoms with E-state index in [0.29, 0.717) is 12.3 Å². The number of nitrogens with one attached hydrogen (secondary N) is 3. The number of carbonyl (C=O) groups is 1. The molecule has 1 aromatic carbocycles. The first-order valence-electron chi connectivity index (χ1n) is 10.4. The number of phenolic OH excluding ortho intramolecular Hbond substituents is 1. The first kappa shape index (κ1) is 25.5. The second kappa shape index (κ2) is 12.2. The molecule has 1 amide bonds. The van der Waals surface area contributed by atoms with E-state index in [-0.39, 0.29) is 47.9 Å². The Labute approximate surface area is 192 Å². The highest BCUT2D eigenvalue weighted by Gasteiger charge is 2.28. The third kappa shape index (κ3) is 8.03. The maximum Gasteiger partial charge on any atom is 0.223 e. The number of amides is 1. The maximum absolute atomic E-state index is 12.4. The van der Waals surface area contributed by atoms with Crippen LogP contribution in [-0.4, -0.2) is 35.6 Å². The Morgan fingerprint density at radius 1 is 1.24 bits per heavy atom. The van der Waals surface area contributed by atoms with Gasteiger partial charge in [-0.3, -0.25) is 4.79 Å². The van der Waals surface area contributed by atoms with Crippen LogP contribution < -0.4 is 16.0 Å². The fraction of sp³-hybridized carbons (Fsp3) is 0.636. The fourth-order valence-electron chi connectivity index (χ4n) is 3.78. The molecule has 4 N–H and O–H groups in total. The van der Waals surface area contributed by atoms with Crippen molar-refractivity contribution in [1.29, 1.82) is 0 Å². The number of aryl methyl sites for hydroxylation is 2. The summed E-state index contributed by atoms with van der Waals surface area (Å²) in [6.07, 6.45) is 3.88. The molecule has 2 atom stereocenters. The van der Waals surface area contributed by atoms with Gasteiger partial charge in [-0.25, -0.2) is 4.99 Å². The number of halogens is 1. The zero-order valence-corrected chi connectivity index (χ0v) is 20.7. The van der Waals surface area contributed by atoms with Crippen molar-refractivity contribution in [3.05, 3.63) is 28.8 Å². The second-order valence-corrected chi connectivity index (χ2v) is 8.14. The molecule has 2 unspecified atom stereocenters. The summed E-state index contributed by atoms with van der Waals surface area (Å²) in [5.41, 5.74) is 2.81. The molecule has 0 aliphatic heterocycles. The highest BCUT2D eigenvalue weighted by molar-refractivity contribution is 14.0. The normalized spacial score (nSPS) is 19.4. The third-order valence-electron chi connectivity index (χ3n) is 5.13. The largest absolute Gasteiger partial charge is 0.507 e. The molecule has 1 aromatic rings. The summed E-state index contributed by atoms with van der Waals surface area (Å²) in [4.78, 5) is 17.1. The molecule has 1 saturated carbocycles. The van der Waals surface area contributed by atoms with E-state index in [1.807, 2.05) is 46.8 Å². The SMILES string of the molecule is CCNC(=NCc1cc(C)c(O)c(C)c1)NC1CCCC(C(=O)NC(C)C)C1.I. The number of phenols is 1. The molecule has 2 rings (SSSR count). The summed E-state index contributed by atoms with van der Waals surface area (Å²) >= 11 is 0. The number of benzene rings is 1.